The van der Waals surface area contributed by atoms with Gasteiger partial charge in [0.1, 0.15) is 0 Å². The quantitative estimate of drug-likeness (QED) is 0.321. The normalized spacial score (nSPS) is 10.0. The fraction of sp³-hybridized carbons (Fsp3) is 0.833. The monoisotopic (exact) mass is 161 g/mol. The Hall–Kier alpha value is -0.380. The topological polar surface area (TPSA) is 53.1 Å². The second kappa shape index (κ2) is 4.44. The number of thiol groups is 1. The molecule has 0 heterocycles. The van der Waals surface area contributed by atoms with E-state index in [1.165, 1.54) is 0 Å². The maximum atomic E-state index is 7.16. The highest BCUT2D eigenvalue weighted by atomic mass is 32.1. The first-order valence-electron chi connectivity index (χ1n) is 3.31. The average Bonchev–Trinajstić information content (AvgIpc) is 1.81. The van der Waals surface area contributed by atoms with Crippen molar-refractivity contribution < 1.29 is 0 Å². The number of nitrogens with zero attached hydrogens (tertiary/aromatic N) is 1. The van der Waals surface area contributed by atoms with E-state index in [0.29, 0.717) is 6.04 Å². The van der Waals surface area contributed by atoms with Crippen molar-refractivity contribution >= 4 is 18.6 Å². The van der Waals surface area contributed by atoms with Crippen molar-refractivity contribution in [2.75, 3.05) is 12.3 Å². The van der Waals surface area contributed by atoms with Crippen LogP contribution in [0.5, 0.6) is 0 Å². The number of nitrogens with two attached hydrogens (primary N) is 1. The Morgan fingerprint density at radius 3 is 2.30 bits per heavy atom. The zero-order valence-electron chi connectivity index (χ0n) is 6.46. The predicted octanol–water partition coefficient (Wildman–Crippen LogP) is 0.520. The Balaban J connectivity index is 3.85. The number of nitrogens with one attached hydrogen (secondary N) is 1. The molecule has 3 N–H and O–H groups in total. The molecule has 0 spiro atoms. The largest absolute Gasteiger partial charge is 0.370 e. The van der Waals surface area contributed by atoms with Crippen LogP contribution >= 0.6 is 12.6 Å². The maximum absolute atomic E-state index is 7.16. The van der Waals surface area contributed by atoms with Crippen LogP contribution in [0.2, 0.25) is 0 Å². The molecule has 10 heavy (non-hydrogen) atoms. The number of hydrogen-bond donors (Lipinski definition) is 3. The van der Waals surface area contributed by atoms with Crippen LogP contribution in [0.3, 0.4) is 0 Å². The van der Waals surface area contributed by atoms with E-state index in [4.69, 9.17) is 11.1 Å². The third kappa shape index (κ3) is 2.96. The van der Waals surface area contributed by atoms with Gasteiger partial charge in [-0.05, 0) is 13.8 Å². The Morgan fingerprint density at radius 2 is 2.20 bits per heavy atom. The van der Waals surface area contributed by atoms with Crippen LogP contribution in [-0.2, 0) is 0 Å². The average molecular weight is 161 g/mol. The van der Waals surface area contributed by atoms with Gasteiger partial charge >= 0.3 is 0 Å². The third-order valence-corrected chi connectivity index (χ3v) is 1.47. The lowest BCUT2D eigenvalue weighted by Gasteiger charge is -2.25. The molecule has 0 aliphatic carbocycles. The molecule has 4 heteroatoms. The van der Waals surface area contributed by atoms with Crippen molar-refractivity contribution in [1.29, 1.82) is 5.41 Å². The summed E-state index contributed by atoms with van der Waals surface area (Å²) in [6.07, 6.45) is 0. The van der Waals surface area contributed by atoms with Crippen molar-refractivity contribution in [3.63, 3.8) is 0 Å². The molecule has 0 aliphatic heterocycles. The van der Waals surface area contributed by atoms with Crippen LogP contribution in [0.1, 0.15) is 13.8 Å². The standard InChI is InChI=1S/C6H15N3S/c1-5(2)9(3-4-10)6(7)8/h5,10H,3-4H2,1-2H3,(H3,7,8). The SMILES string of the molecule is CC(C)N(CCS)C(=N)N. The summed E-state index contributed by atoms with van der Waals surface area (Å²) < 4.78 is 0. The highest BCUT2D eigenvalue weighted by Gasteiger charge is 2.07. The molecule has 0 aromatic carbocycles. The Morgan fingerprint density at radius 1 is 1.70 bits per heavy atom. The van der Waals surface area contributed by atoms with Gasteiger partial charge in [-0.25, -0.2) is 0 Å². The molecule has 0 aromatic heterocycles. The molecule has 60 valence electrons. The molecule has 0 aliphatic rings. The molecule has 0 fully saturated rings. The zero-order valence-corrected chi connectivity index (χ0v) is 7.36. The third-order valence-electron chi connectivity index (χ3n) is 1.27. The second-order valence-electron chi connectivity index (χ2n) is 2.40. The Kier molecular flexibility index (Phi) is 4.27. The molecule has 0 aromatic rings. The number of rotatable bonds is 3. The van der Waals surface area contributed by atoms with Crippen molar-refractivity contribution in [1.82, 2.24) is 4.90 Å². The molecule has 0 unspecified atom stereocenters. The van der Waals surface area contributed by atoms with Crippen LogP contribution in [-0.4, -0.2) is 29.2 Å². The van der Waals surface area contributed by atoms with E-state index in [9.17, 15) is 0 Å². The van der Waals surface area contributed by atoms with Gasteiger partial charge in [-0.1, -0.05) is 0 Å². The molecule has 0 saturated carbocycles. The zero-order chi connectivity index (χ0) is 8.15. The van der Waals surface area contributed by atoms with E-state index in [2.05, 4.69) is 12.6 Å². The Bertz CT molecular complexity index is 114. The lowest BCUT2D eigenvalue weighted by atomic mass is 10.3. The van der Waals surface area contributed by atoms with Crippen LogP contribution in [0.4, 0.5) is 0 Å². The molecular formula is C6H15N3S. The molecule has 3 nitrogen and oxygen atoms in total. The molecule has 0 bridgehead atoms. The van der Waals surface area contributed by atoms with E-state index >= 15 is 0 Å². The lowest BCUT2D eigenvalue weighted by Crippen LogP contribution is -2.42. The minimum absolute atomic E-state index is 0.129. The fourth-order valence-corrected chi connectivity index (χ4v) is 0.980. The maximum Gasteiger partial charge on any atom is 0.188 e. The smallest absolute Gasteiger partial charge is 0.188 e. The summed E-state index contributed by atoms with van der Waals surface area (Å²) in [5, 5.41) is 7.16. The van der Waals surface area contributed by atoms with Gasteiger partial charge in [-0.2, -0.15) is 12.6 Å². The van der Waals surface area contributed by atoms with Gasteiger partial charge in [0, 0.05) is 18.3 Å². The van der Waals surface area contributed by atoms with Crippen LogP contribution in [0.15, 0.2) is 0 Å². The van der Waals surface area contributed by atoms with Crippen molar-refractivity contribution in [2.45, 2.75) is 19.9 Å². The first kappa shape index (κ1) is 9.62. The van der Waals surface area contributed by atoms with Crippen molar-refractivity contribution in [2.24, 2.45) is 5.73 Å². The number of hydrogen-bond acceptors (Lipinski definition) is 2. The van der Waals surface area contributed by atoms with E-state index in [0.717, 1.165) is 12.3 Å². The summed E-state index contributed by atoms with van der Waals surface area (Å²) in [4.78, 5) is 1.80. The molecule has 0 amide bonds. The van der Waals surface area contributed by atoms with Crippen LogP contribution < -0.4 is 5.73 Å². The summed E-state index contributed by atoms with van der Waals surface area (Å²) in [7, 11) is 0. The molecule has 0 rings (SSSR count). The highest BCUT2D eigenvalue weighted by Crippen LogP contribution is 1.96. The molecule has 0 atom stereocenters. The Labute approximate surface area is 67.5 Å². The van der Waals surface area contributed by atoms with Crippen LogP contribution in [0.25, 0.3) is 0 Å². The van der Waals surface area contributed by atoms with E-state index in [-0.39, 0.29) is 5.96 Å². The molecule has 0 saturated heterocycles. The fourth-order valence-electron chi connectivity index (χ4n) is 0.765. The lowest BCUT2D eigenvalue weighted by molar-refractivity contribution is 0.363. The van der Waals surface area contributed by atoms with Gasteiger partial charge in [0.25, 0.3) is 0 Å². The van der Waals surface area contributed by atoms with Gasteiger partial charge < -0.3 is 10.6 Å². The van der Waals surface area contributed by atoms with Crippen molar-refractivity contribution in [3.05, 3.63) is 0 Å². The minimum Gasteiger partial charge on any atom is -0.370 e. The summed E-state index contributed by atoms with van der Waals surface area (Å²) in [6.45, 7) is 4.76. The molecular weight excluding hydrogens is 146 g/mol. The summed E-state index contributed by atoms with van der Waals surface area (Å²) >= 11 is 4.06. The second-order valence-corrected chi connectivity index (χ2v) is 2.84. The molecule has 0 radical (unpaired) electrons. The number of guanidine groups is 1. The minimum atomic E-state index is 0.129. The predicted molar refractivity (Wildman–Crippen MR) is 47.6 cm³/mol. The van der Waals surface area contributed by atoms with Crippen LogP contribution in [0, 0.1) is 5.41 Å². The van der Waals surface area contributed by atoms with E-state index < -0.39 is 0 Å². The van der Waals surface area contributed by atoms with Gasteiger partial charge in [0.05, 0.1) is 0 Å². The highest BCUT2D eigenvalue weighted by molar-refractivity contribution is 7.80. The summed E-state index contributed by atoms with van der Waals surface area (Å²) in [6, 6.07) is 0.296. The van der Waals surface area contributed by atoms with E-state index in [1.54, 1.807) is 4.90 Å². The first-order chi connectivity index (χ1) is 4.59. The van der Waals surface area contributed by atoms with Gasteiger partial charge in [0.15, 0.2) is 5.96 Å². The summed E-state index contributed by atoms with van der Waals surface area (Å²) in [5.74, 6) is 0.863. The first-order valence-corrected chi connectivity index (χ1v) is 3.94. The van der Waals surface area contributed by atoms with Gasteiger partial charge in [-0.15, -0.1) is 0 Å². The summed E-state index contributed by atoms with van der Waals surface area (Å²) in [5.41, 5.74) is 5.30. The van der Waals surface area contributed by atoms with Gasteiger partial charge in [0.2, 0.25) is 0 Å². The van der Waals surface area contributed by atoms with Crippen molar-refractivity contribution in [3.8, 4) is 0 Å². The van der Waals surface area contributed by atoms with E-state index in [1.807, 2.05) is 13.8 Å². The van der Waals surface area contributed by atoms with Gasteiger partial charge in [-0.3, -0.25) is 5.41 Å².